The molecule has 0 aliphatic rings. The summed E-state index contributed by atoms with van der Waals surface area (Å²) in [7, 11) is 0. The van der Waals surface area contributed by atoms with Crippen molar-refractivity contribution >= 4 is 0 Å². The molecule has 4 nitrogen and oxygen atoms in total. The molecule has 0 spiro atoms. The molecule has 0 fully saturated rings. The molecule has 0 unspecified atom stereocenters. The maximum atomic E-state index is 5.44. The summed E-state index contributed by atoms with van der Waals surface area (Å²) >= 11 is 0. The van der Waals surface area contributed by atoms with E-state index in [1.54, 1.807) is 0 Å². The molecule has 116 valence electrons. The maximum absolute atomic E-state index is 5.44. The third kappa shape index (κ3) is 17.8. The molecule has 0 aromatic heterocycles. The standard InChI is InChI=1S/C15H32O4/c1-14(2)5-6-16-7-8-17-9-10-18-11-12-19-13-15(3)4/h14-15H,5-13H2,1-4H3. The Hall–Kier alpha value is -0.160. The first kappa shape index (κ1) is 18.8. The zero-order valence-corrected chi connectivity index (χ0v) is 13.2. The van der Waals surface area contributed by atoms with E-state index in [1.165, 1.54) is 0 Å². The van der Waals surface area contributed by atoms with Crippen LogP contribution in [0, 0.1) is 11.8 Å². The Bertz CT molecular complexity index is 154. The van der Waals surface area contributed by atoms with Crippen molar-refractivity contribution in [2.45, 2.75) is 34.1 Å². The van der Waals surface area contributed by atoms with Crippen LogP contribution in [0.3, 0.4) is 0 Å². The topological polar surface area (TPSA) is 36.9 Å². The van der Waals surface area contributed by atoms with Gasteiger partial charge < -0.3 is 18.9 Å². The SMILES string of the molecule is CC(C)CCOCCOCCOCCOCC(C)C. The van der Waals surface area contributed by atoms with E-state index in [1.807, 2.05) is 0 Å². The quantitative estimate of drug-likeness (QED) is 0.457. The van der Waals surface area contributed by atoms with Crippen molar-refractivity contribution in [2.75, 3.05) is 52.9 Å². The van der Waals surface area contributed by atoms with Gasteiger partial charge in [0.2, 0.25) is 0 Å². The van der Waals surface area contributed by atoms with Crippen LogP contribution < -0.4 is 0 Å². The van der Waals surface area contributed by atoms with Gasteiger partial charge in [-0.1, -0.05) is 27.7 Å². The van der Waals surface area contributed by atoms with Gasteiger partial charge in [0.05, 0.1) is 39.6 Å². The van der Waals surface area contributed by atoms with Crippen molar-refractivity contribution in [3.63, 3.8) is 0 Å². The average molecular weight is 276 g/mol. The van der Waals surface area contributed by atoms with Gasteiger partial charge in [-0.05, 0) is 18.3 Å². The van der Waals surface area contributed by atoms with Crippen molar-refractivity contribution in [3.8, 4) is 0 Å². The van der Waals surface area contributed by atoms with Gasteiger partial charge >= 0.3 is 0 Å². The molecular formula is C15H32O4. The van der Waals surface area contributed by atoms with Crippen molar-refractivity contribution < 1.29 is 18.9 Å². The lowest BCUT2D eigenvalue weighted by Crippen LogP contribution is -2.13. The lowest BCUT2D eigenvalue weighted by molar-refractivity contribution is -0.00539. The van der Waals surface area contributed by atoms with Gasteiger partial charge in [0.15, 0.2) is 0 Å². The summed E-state index contributed by atoms with van der Waals surface area (Å²) < 4.78 is 21.6. The molecule has 0 heterocycles. The minimum absolute atomic E-state index is 0.582. The van der Waals surface area contributed by atoms with Gasteiger partial charge in [-0.3, -0.25) is 0 Å². The van der Waals surface area contributed by atoms with Gasteiger partial charge in [-0.2, -0.15) is 0 Å². The lowest BCUT2D eigenvalue weighted by atomic mass is 10.1. The van der Waals surface area contributed by atoms with E-state index in [0.717, 1.165) is 19.6 Å². The molecule has 0 aromatic carbocycles. The number of ether oxygens (including phenoxy) is 4. The Kier molecular flexibility index (Phi) is 14.1. The van der Waals surface area contributed by atoms with Crippen molar-refractivity contribution in [2.24, 2.45) is 11.8 Å². The summed E-state index contributed by atoms with van der Waals surface area (Å²) in [5.41, 5.74) is 0. The van der Waals surface area contributed by atoms with E-state index in [4.69, 9.17) is 18.9 Å². The number of hydrogen-bond donors (Lipinski definition) is 0. The molecule has 0 radical (unpaired) electrons. The monoisotopic (exact) mass is 276 g/mol. The first-order valence-corrected chi connectivity index (χ1v) is 7.44. The highest BCUT2D eigenvalue weighted by Crippen LogP contribution is 1.98. The highest BCUT2D eigenvalue weighted by atomic mass is 16.6. The first-order chi connectivity index (χ1) is 9.13. The van der Waals surface area contributed by atoms with Crippen LogP contribution >= 0.6 is 0 Å². The lowest BCUT2D eigenvalue weighted by Gasteiger charge is -2.09. The molecule has 0 amide bonds. The molecule has 0 aromatic rings. The van der Waals surface area contributed by atoms with E-state index < -0.39 is 0 Å². The normalized spacial score (nSPS) is 11.7. The van der Waals surface area contributed by atoms with E-state index in [9.17, 15) is 0 Å². The first-order valence-electron chi connectivity index (χ1n) is 7.44. The van der Waals surface area contributed by atoms with E-state index in [2.05, 4.69) is 27.7 Å². The second kappa shape index (κ2) is 14.3. The summed E-state index contributed by atoms with van der Waals surface area (Å²) in [6, 6.07) is 0. The van der Waals surface area contributed by atoms with E-state index in [0.29, 0.717) is 51.5 Å². The minimum atomic E-state index is 0.582. The third-order valence-electron chi connectivity index (χ3n) is 2.41. The molecule has 0 atom stereocenters. The van der Waals surface area contributed by atoms with Crippen LogP contribution in [-0.4, -0.2) is 52.9 Å². The second-order valence-electron chi connectivity index (χ2n) is 5.49. The Morgan fingerprint density at radius 3 is 1.37 bits per heavy atom. The highest BCUT2D eigenvalue weighted by molar-refractivity contribution is 4.43. The van der Waals surface area contributed by atoms with Gasteiger partial charge in [-0.25, -0.2) is 0 Å². The van der Waals surface area contributed by atoms with Gasteiger partial charge in [0, 0.05) is 13.2 Å². The fraction of sp³-hybridized carbons (Fsp3) is 1.00. The van der Waals surface area contributed by atoms with Crippen LogP contribution in [0.2, 0.25) is 0 Å². The van der Waals surface area contributed by atoms with Crippen molar-refractivity contribution in [1.29, 1.82) is 0 Å². The molecule has 0 aliphatic heterocycles. The van der Waals surface area contributed by atoms with Crippen LogP contribution in [0.15, 0.2) is 0 Å². The smallest absolute Gasteiger partial charge is 0.0701 e. The predicted octanol–water partition coefficient (Wildman–Crippen LogP) is 2.75. The summed E-state index contributed by atoms with van der Waals surface area (Å²) in [4.78, 5) is 0. The Balaban J connectivity index is 2.95. The zero-order chi connectivity index (χ0) is 14.3. The molecule has 0 rings (SSSR count). The molecular weight excluding hydrogens is 244 g/mol. The molecule has 0 N–H and O–H groups in total. The van der Waals surface area contributed by atoms with Crippen molar-refractivity contribution in [1.82, 2.24) is 0 Å². The largest absolute Gasteiger partial charge is 0.379 e. The molecule has 0 saturated heterocycles. The zero-order valence-electron chi connectivity index (χ0n) is 13.2. The highest BCUT2D eigenvalue weighted by Gasteiger charge is 1.95. The molecule has 0 saturated carbocycles. The average Bonchev–Trinajstić information content (AvgIpc) is 2.34. The van der Waals surface area contributed by atoms with E-state index >= 15 is 0 Å². The molecule has 0 bridgehead atoms. The second-order valence-corrected chi connectivity index (χ2v) is 5.49. The van der Waals surface area contributed by atoms with Gasteiger partial charge in [-0.15, -0.1) is 0 Å². The van der Waals surface area contributed by atoms with Crippen LogP contribution in [0.25, 0.3) is 0 Å². The summed E-state index contributed by atoms with van der Waals surface area (Å²) in [5.74, 6) is 1.28. The molecule has 19 heavy (non-hydrogen) atoms. The number of hydrogen-bond acceptors (Lipinski definition) is 4. The Morgan fingerprint density at radius 1 is 0.526 bits per heavy atom. The van der Waals surface area contributed by atoms with Crippen LogP contribution in [0.1, 0.15) is 34.1 Å². The summed E-state index contributed by atoms with van der Waals surface area (Å²) in [6.07, 6.45) is 1.11. The van der Waals surface area contributed by atoms with E-state index in [-0.39, 0.29) is 0 Å². The predicted molar refractivity (Wildman–Crippen MR) is 77.6 cm³/mol. The molecule has 0 aliphatic carbocycles. The Morgan fingerprint density at radius 2 is 0.947 bits per heavy atom. The summed E-state index contributed by atoms with van der Waals surface area (Å²) in [6.45, 7) is 14.2. The van der Waals surface area contributed by atoms with Gasteiger partial charge in [0.25, 0.3) is 0 Å². The summed E-state index contributed by atoms with van der Waals surface area (Å²) in [5, 5.41) is 0. The Labute approximate surface area is 118 Å². The fourth-order valence-electron chi connectivity index (χ4n) is 1.30. The minimum Gasteiger partial charge on any atom is -0.379 e. The maximum Gasteiger partial charge on any atom is 0.0701 e. The van der Waals surface area contributed by atoms with Crippen LogP contribution in [0.5, 0.6) is 0 Å². The van der Waals surface area contributed by atoms with Crippen molar-refractivity contribution in [3.05, 3.63) is 0 Å². The molecule has 4 heteroatoms. The van der Waals surface area contributed by atoms with Crippen LogP contribution in [0.4, 0.5) is 0 Å². The third-order valence-corrected chi connectivity index (χ3v) is 2.41. The van der Waals surface area contributed by atoms with Crippen LogP contribution in [-0.2, 0) is 18.9 Å². The fourth-order valence-corrected chi connectivity index (χ4v) is 1.30. The van der Waals surface area contributed by atoms with Gasteiger partial charge in [0.1, 0.15) is 0 Å². The number of rotatable bonds is 14.